The summed E-state index contributed by atoms with van der Waals surface area (Å²) < 4.78 is 2.68. The van der Waals surface area contributed by atoms with E-state index >= 15 is 0 Å². The Morgan fingerprint density at radius 3 is 2.41 bits per heavy atom. The first kappa shape index (κ1) is 13.8. The summed E-state index contributed by atoms with van der Waals surface area (Å²) in [5.74, 6) is 0. The predicted molar refractivity (Wildman–Crippen MR) is 83.7 cm³/mol. The lowest BCUT2D eigenvalue weighted by Crippen LogP contribution is -2.39. The third kappa shape index (κ3) is 2.21. The molecular weight excluding hydrogens is 278 g/mol. The molecule has 0 unspecified atom stereocenters. The SMILES string of the molecule is Cn1c(=O)n(Cc2ccc(C#N)cc2)c(=O)c2ccccc21. The van der Waals surface area contributed by atoms with E-state index in [9.17, 15) is 9.59 Å². The van der Waals surface area contributed by atoms with Crippen molar-refractivity contribution in [3.63, 3.8) is 0 Å². The topological polar surface area (TPSA) is 67.8 Å². The molecule has 0 saturated carbocycles. The molecule has 5 heteroatoms. The van der Waals surface area contributed by atoms with Crippen LogP contribution in [0.3, 0.4) is 0 Å². The molecule has 0 N–H and O–H groups in total. The first-order chi connectivity index (χ1) is 10.6. The van der Waals surface area contributed by atoms with Crippen LogP contribution in [0.25, 0.3) is 10.9 Å². The van der Waals surface area contributed by atoms with E-state index in [1.807, 2.05) is 6.07 Å². The van der Waals surface area contributed by atoms with Crippen molar-refractivity contribution in [1.82, 2.24) is 9.13 Å². The summed E-state index contributed by atoms with van der Waals surface area (Å²) in [4.78, 5) is 24.9. The number of nitrogens with zero attached hydrogens (tertiary/aromatic N) is 3. The van der Waals surface area contributed by atoms with Crippen LogP contribution in [0.2, 0.25) is 0 Å². The summed E-state index contributed by atoms with van der Waals surface area (Å²) in [6.45, 7) is 0.183. The Morgan fingerprint density at radius 2 is 1.73 bits per heavy atom. The molecule has 0 spiro atoms. The first-order valence-electron chi connectivity index (χ1n) is 6.79. The molecule has 3 rings (SSSR count). The quantitative estimate of drug-likeness (QED) is 0.720. The van der Waals surface area contributed by atoms with Crippen LogP contribution in [0.1, 0.15) is 11.1 Å². The Labute approximate surface area is 126 Å². The largest absolute Gasteiger partial charge is 0.331 e. The van der Waals surface area contributed by atoms with Gasteiger partial charge in [-0.2, -0.15) is 5.26 Å². The van der Waals surface area contributed by atoms with E-state index < -0.39 is 0 Å². The zero-order chi connectivity index (χ0) is 15.7. The molecule has 1 heterocycles. The number of hydrogen-bond acceptors (Lipinski definition) is 3. The van der Waals surface area contributed by atoms with Gasteiger partial charge in [-0.25, -0.2) is 4.79 Å². The molecule has 0 aliphatic carbocycles. The smallest absolute Gasteiger partial charge is 0.296 e. The van der Waals surface area contributed by atoms with Gasteiger partial charge in [-0.05, 0) is 29.8 Å². The molecule has 0 atom stereocenters. The van der Waals surface area contributed by atoms with E-state index in [4.69, 9.17) is 5.26 Å². The average molecular weight is 291 g/mol. The van der Waals surface area contributed by atoms with E-state index in [1.54, 1.807) is 55.6 Å². The highest BCUT2D eigenvalue weighted by atomic mass is 16.2. The fraction of sp³-hybridized carbons (Fsp3) is 0.118. The van der Waals surface area contributed by atoms with Gasteiger partial charge in [0, 0.05) is 7.05 Å². The highest BCUT2D eigenvalue weighted by molar-refractivity contribution is 5.77. The van der Waals surface area contributed by atoms with Crippen LogP contribution in [-0.2, 0) is 13.6 Å². The van der Waals surface area contributed by atoms with Gasteiger partial charge in [-0.15, -0.1) is 0 Å². The number of fused-ring (bicyclic) bond motifs is 1. The van der Waals surface area contributed by atoms with E-state index in [0.29, 0.717) is 16.5 Å². The van der Waals surface area contributed by atoms with Gasteiger partial charge in [-0.1, -0.05) is 24.3 Å². The van der Waals surface area contributed by atoms with Gasteiger partial charge < -0.3 is 0 Å². The maximum absolute atomic E-state index is 12.5. The van der Waals surface area contributed by atoms with Gasteiger partial charge in [-0.3, -0.25) is 13.9 Å². The second-order valence-corrected chi connectivity index (χ2v) is 5.06. The number of hydrogen-bond donors (Lipinski definition) is 0. The Bertz CT molecular complexity index is 1010. The molecule has 0 amide bonds. The van der Waals surface area contributed by atoms with Gasteiger partial charge in [0.15, 0.2) is 0 Å². The third-order valence-electron chi connectivity index (χ3n) is 3.68. The molecular formula is C17H13N3O2. The van der Waals surface area contributed by atoms with Crippen molar-refractivity contribution >= 4 is 10.9 Å². The van der Waals surface area contributed by atoms with Crippen molar-refractivity contribution < 1.29 is 0 Å². The molecule has 3 aromatic rings. The summed E-state index contributed by atoms with van der Waals surface area (Å²) in [5, 5.41) is 9.31. The average Bonchev–Trinajstić information content (AvgIpc) is 2.57. The minimum atomic E-state index is -0.354. The molecule has 108 valence electrons. The van der Waals surface area contributed by atoms with Crippen LogP contribution in [0.4, 0.5) is 0 Å². The van der Waals surface area contributed by atoms with Gasteiger partial charge >= 0.3 is 5.69 Å². The number of para-hydroxylation sites is 1. The lowest BCUT2D eigenvalue weighted by atomic mass is 10.1. The highest BCUT2D eigenvalue weighted by Crippen LogP contribution is 2.07. The lowest BCUT2D eigenvalue weighted by molar-refractivity contribution is 0.660. The number of rotatable bonds is 2. The van der Waals surface area contributed by atoms with Crippen LogP contribution >= 0.6 is 0 Å². The van der Waals surface area contributed by atoms with Crippen LogP contribution < -0.4 is 11.2 Å². The van der Waals surface area contributed by atoms with Crippen LogP contribution in [0.5, 0.6) is 0 Å². The molecule has 0 radical (unpaired) electrons. The first-order valence-corrected chi connectivity index (χ1v) is 6.79. The van der Waals surface area contributed by atoms with Crippen LogP contribution in [0.15, 0.2) is 58.1 Å². The Hall–Kier alpha value is -3.13. The van der Waals surface area contributed by atoms with Crippen molar-refractivity contribution in [2.24, 2.45) is 7.05 Å². The van der Waals surface area contributed by atoms with Gasteiger partial charge in [0.05, 0.1) is 29.1 Å². The van der Waals surface area contributed by atoms with Crippen molar-refractivity contribution in [2.75, 3.05) is 0 Å². The summed E-state index contributed by atoms with van der Waals surface area (Å²) in [5.41, 5.74) is 1.31. The normalized spacial score (nSPS) is 10.5. The monoisotopic (exact) mass is 291 g/mol. The number of nitriles is 1. The maximum Gasteiger partial charge on any atom is 0.331 e. The molecule has 5 nitrogen and oxygen atoms in total. The molecule has 0 aliphatic heterocycles. The second kappa shape index (κ2) is 5.34. The lowest BCUT2D eigenvalue weighted by Gasteiger charge is -2.10. The van der Waals surface area contributed by atoms with Gasteiger partial charge in [0.2, 0.25) is 0 Å². The molecule has 0 bridgehead atoms. The molecule has 0 aliphatic rings. The zero-order valence-corrected chi connectivity index (χ0v) is 12.0. The van der Waals surface area contributed by atoms with Gasteiger partial charge in [0.1, 0.15) is 0 Å². The van der Waals surface area contributed by atoms with Gasteiger partial charge in [0.25, 0.3) is 5.56 Å². The predicted octanol–water partition coefficient (Wildman–Crippen LogP) is 1.62. The van der Waals surface area contributed by atoms with E-state index in [1.165, 1.54) is 9.13 Å². The minimum absolute atomic E-state index is 0.183. The second-order valence-electron chi connectivity index (χ2n) is 5.06. The van der Waals surface area contributed by atoms with Crippen molar-refractivity contribution in [3.05, 3.63) is 80.5 Å². The fourth-order valence-electron chi connectivity index (χ4n) is 2.47. The summed E-state index contributed by atoms with van der Waals surface area (Å²) in [7, 11) is 1.65. The summed E-state index contributed by atoms with van der Waals surface area (Å²) >= 11 is 0. The number of aryl methyl sites for hydroxylation is 1. The maximum atomic E-state index is 12.5. The van der Waals surface area contributed by atoms with Crippen molar-refractivity contribution in [3.8, 4) is 6.07 Å². The Balaban J connectivity index is 2.17. The molecule has 1 aromatic heterocycles. The molecule has 2 aromatic carbocycles. The summed E-state index contributed by atoms with van der Waals surface area (Å²) in [6, 6.07) is 15.9. The van der Waals surface area contributed by atoms with Crippen LogP contribution in [0, 0.1) is 11.3 Å². The van der Waals surface area contributed by atoms with Crippen LogP contribution in [-0.4, -0.2) is 9.13 Å². The zero-order valence-electron chi connectivity index (χ0n) is 12.0. The third-order valence-corrected chi connectivity index (χ3v) is 3.68. The van der Waals surface area contributed by atoms with Crippen molar-refractivity contribution in [1.29, 1.82) is 5.26 Å². The highest BCUT2D eigenvalue weighted by Gasteiger charge is 2.10. The Morgan fingerprint density at radius 1 is 1.05 bits per heavy atom. The number of benzene rings is 2. The fourth-order valence-corrected chi connectivity index (χ4v) is 2.47. The van der Waals surface area contributed by atoms with E-state index in [-0.39, 0.29) is 17.8 Å². The Kier molecular flexibility index (Phi) is 3.36. The standard InChI is InChI=1S/C17H13N3O2/c1-19-15-5-3-2-4-14(15)16(21)20(17(19)22)11-13-8-6-12(10-18)7-9-13/h2-9H,11H2,1H3. The number of aromatic nitrogens is 2. The van der Waals surface area contributed by atoms with E-state index in [0.717, 1.165) is 5.56 Å². The summed E-state index contributed by atoms with van der Waals surface area (Å²) in [6.07, 6.45) is 0. The van der Waals surface area contributed by atoms with Crippen molar-refractivity contribution in [2.45, 2.75) is 6.54 Å². The van der Waals surface area contributed by atoms with E-state index in [2.05, 4.69) is 0 Å². The minimum Gasteiger partial charge on any atom is -0.296 e. The molecule has 0 saturated heterocycles. The molecule has 22 heavy (non-hydrogen) atoms. The molecule has 0 fully saturated rings.